The molecule has 186 valence electrons. The van der Waals surface area contributed by atoms with Crippen LogP contribution in [0, 0.1) is 0 Å². The Hall–Kier alpha value is -4.21. The topological polar surface area (TPSA) is 112 Å². The van der Waals surface area contributed by atoms with Crippen molar-refractivity contribution in [3.63, 3.8) is 0 Å². The molecule has 1 aromatic carbocycles. The Balaban J connectivity index is 1.12. The molecule has 3 aromatic rings. The first kappa shape index (κ1) is 23.5. The van der Waals surface area contributed by atoms with E-state index in [2.05, 4.69) is 20.2 Å². The Bertz CT molecular complexity index is 1190. The third kappa shape index (κ3) is 5.22. The average Bonchev–Trinajstić information content (AvgIpc) is 3.63. The second kappa shape index (κ2) is 10.6. The van der Waals surface area contributed by atoms with E-state index in [4.69, 9.17) is 4.42 Å². The van der Waals surface area contributed by atoms with Crippen molar-refractivity contribution in [2.24, 2.45) is 0 Å². The van der Waals surface area contributed by atoms with Gasteiger partial charge in [0.25, 0.3) is 5.91 Å². The zero-order valence-corrected chi connectivity index (χ0v) is 19.9. The van der Waals surface area contributed by atoms with Crippen molar-refractivity contribution < 1.29 is 18.8 Å². The summed E-state index contributed by atoms with van der Waals surface area (Å²) in [6.07, 6.45) is 6.55. The van der Waals surface area contributed by atoms with Crippen LogP contribution >= 0.6 is 0 Å². The number of furan rings is 1. The normalized spacial score (nSPS) is 17.8. The summed E-state index contributed by atoms with van der Waals surface area (Å²) >= 11 is 0. The highest BCUT2D eigenvalue weighted by Gasteiger charge is 2.35. The van der Waals surface area contributed by atoms with Gasteiger partial charge < -0.3 is 24.4 Å². The minimum Gasteiger partial charge on any atom is -0.459 e. The lowest BCUT2D eigenvalue weighted by molar-refractivity contribution is -0.130. The van der Waals surface area contributed by atoms with E-state index < -0.39 is 6.04 Å². The van der Waals surface area contributed by atoms with E-state index in [9.17, 15) is 14.4 Å². The molecule has 36 heavy (non-hydrogen) atoms. The van der Waals surface area contributed by atoms with Crippen LogP contribution in [0.1, 0.15) is 29.0 Å². The molecule has 0 bridgehead atoms. The van der Waals surface area contributed by atoms with E-state index in [1.807, 2.05) is 17.0 Å². The summed E-state index contributed by atoms with van der Waals surface area (Å²) in [5, 5.41) is 2.90. The monoisotopic (exact) mass is 488 g/mol. The van der Waals surface area contributed by atoms with Gasteiger partial charge in [-0.25, -0.2) is 9.97 Å². The SMILES string of the molecule is O=C(Nc1ccc(CC(=O)N2CCN(c3ncccn3)CC2)cc1)[C@@H]1CCCN1C(=O)c1ccco1. The van der Waals surface area contributed by atoms with Gasteiger partial charge in [0.1, 0.15) is 6.04 Å². The standard InChI is InChI=1S/C26H28N6O4/c33-23(30-13-15-31(16-14-30)26-27-10-3-11-28-26)18-19-6-8-20(9-7-19)29-24(34)21-4-1-12-32(21)25(35)22-5-2-17-36-22/h2-3,5-11,17,21H,1,4,12-16,18H2,(H,29,34)/t21-/m0/s1. The van der Waals surface area contributed by atoms with Crippen LogP contribution in [0.15, 0.2) is 65.5 Å². The van der Waals surface area contributed by atoms with Crippen molar-refractivity contribution >= 4 is 29.4 Å². The summed E-state index contributed by atoms with van der Waals surface area (Å²) in [5.74, 6) is 0.491. The first-order valence-corrected chi connectivity index (χ1v) is 12.1. The number of piperazine rings is 1. The number of likely N-dealkylation sites (tertiary alicyclic amines) is 1. The number of amides is 3. The molecule has 0 spiro atoms. The number of carbonyl (C=O) groups is 3. The molecular weight excluding hydrogens is 460 g/mol. The van der Waals surface area contributed by atoms with Crippen LogP contribution in [-0.4, -0.2) is 76.3 Å². The van der Waals surface area contributed by atoms with E-state index in [1.165, 1.54) is 6.26 Å². The first-order valence-electron chi connectivity index (χ1n) is 12.1. The lowest BCUT2D eigenvalue weighted by Gasteiger charge is -2.34. The molecule has 2 aliphatic heterocycles. The zero-order chi connectivity index (χ0) is 24.9. The third-order valence-corrected chi connectivity index (χ3v) is 6.59. The third-order valence-electron chi connectivity index (χ3n) is 6.59. The Kier molecular flexibility index (Phi) is 6.92. The summed E-state index contributed by atoms with van der Waals surface area (Å²) < 4.78 is 5.21. The number of hydrogen-bond donors (Lipinski definition) is 1. The van der Waals surface area contributed by atoms with Crippen LogP contribution < -0.4 is 10.2 Å². The molecule has 0 unspecified atom stereocenters. The van der Waals surface area contributed by atoms with Gasteiger partial charge in [0.2, 0.25) is 17.8 Å². The summed E-state index contributed by atoms with van der Waals surface area (Å²) in [6, 6.07) is 11.8. The molecule has 1 N–H and O–H groups in total. The molecule has 2 fully saturated rings. The molecule has 2 aliphatic rings. The maximum atomic E-state index is 12.9. The van der Waals surface area contributed by atoms with Crippen LogP contribution in [0.4, 0.5) is 11.6 Å². The van der Waals surface area contributed by atoms with Crippen molar-refractivity contribution in [3.8, 4) is 0 Å². The number of benzene rings is 1. The second-order valence-electron chi connectivity index (χ2n) is 8.91. The molecule has 0 aliphatic carbocycles. The van der Waals surface area contributed by atoms with Crippen molar-refractivity contribution in [2.45, 2.75) is 25.3 Å². The molecule has 2 saturated heterocycles. The lowest BCUT2D eigenvalue weighted by Crippen LogP contribution is -2.49. The molecule has 3 amide bonds. The molecule has 0 radical (unpaired) electrons. The van der Waals surface area contributed by atoms with Crippen LogP contribution in [-0.2, 0) is 16.0 Å². The molecule has 5 rings (SSSR count). The predicted octanol–water partition coefficient (Wildman–Crippen LogP) is 2.20. The molecular formula is C26H28N6O4. The Morgan fingerprint density at radius 1 is 0.944 bits per heavy atom. The van der Waals surface area contributed by atoms with E-state index in [0.717, 1.165) is 12.0 Å². The van der Waals surface area contributed by atoms with Crippen molar-refractivity contribution in [3.05, 3.63) is 72.4 Å². The quantitative estimate of drug-likeness (QED) is 0.566. The van der Waals surface area contributed by atoms with E-state index >= 15 is 0 Å². The van der Waals surface area contributed by atoms with E-state index in [0.29, 0.717) is 57.2 Å². The van der Waals surface area contributed by atoms with E-state index in [-0.39, 0.29) is 23.5 Å². The molecule has 0 saturated carbocycles. The highest BCUT2D eigenvalue weighted by molar-refractivity contribution is 6.00. The Labute approximate surface area is 208 Å². The number of nitrogens with one attached hydrogen (secondary N) is 1. The Morgan fingerprint density at radius 3 is 2.39 bits per heavy atom. The van der Waals surface area contributed by atoms with Gasteiger partial charge in [-0.3, -0.25) is 14.4 Å². The summed E-state index contributed by atoms with van der Waals surface area (Å²) in [4.78, 5) is 52.4. The minimum atomic E-state index is -0.538. The van der Waals surface area contributed by atoms with Gasteiger partial charge in [0, 0.05) is 50.8 Å². The largest absolute Gasteiger partial charge is 0.459 e. The molecule has 1 atom stereocenters. The lowest BCUT2D eigenvalue weighted by atomic mass is 10.1. The van der Waals surface area contributed by atoms with Gasteiger partial charge in [-0.2, -0.15) is 0 Å². The summed E-state index contributed by atoms with van der Waals surface area (Å²) in [7, 11) is 0. The average molecular weight is 489 g/mol. The van der Waals surface area contributed by atoms with Crippen LogP contribution in [0.25, 0.3) is 0 Å². The first-order chi connectivity index (χ1) is 17.6. The van der Waals surface area contributed by atoms with Crippen molar-refractivity contribution in [2.75, 3.05) is 42.9 Å². The van der Waals surface area contributed by atoms with Gasteiger partial charge in [0.15, 0.2) is 5.76 Å². The zero-order valence-electron chi connectivity index (χ0n) is 19.9. The maximum absolute atomic E-state index is 12.9. The smallest absolute Gasteiger partial charge is 0.290 e. The van der Waals surface area contributed by atoms with Gasteiger partial charge in [-0.05, 0) is 48.7 Å². The fourth-order valence-electron chi connectivity index (χ4n) is 4.65. The molecule has 4 heterocycles. The highest BCUT2D eigenvalue weighted by Crippen LogP contribution is 2.22. The van der Waals surface area contributed by atoms with Crippen LogP contribution in [0.3, 0.4) is 0 Å². The molecule has 2 aromatic heterocycles. The fraction of sp³-hybridized carbons (Fsp3) is 0.346. The summed E-state index contributed by atoms with van der Waals surface area (Å²) in [6.45, 7) is 3.16. The van der Waals surface area contributed by atoms with Crippen molar-refractivity contribution in [1.82, 2.24) is 19.8 Å². The summed E-state index contributed by atoms with van der Waals surface area (Å²) in [5.41, 5.74) is 1.51. The van der Waals surface area contributed by atoms with Crippen LogP contribution in [0.5, 0.6) is 0 Å². The Morgan fingerprint density at radius 2 is 1.69 bits per heavy atom. The van der Waals surface area contributed by atoms with Gasteiger partial charge in [0.05, 0.1) is 12.7 Å². The molecule has 10 heteroatoms. The van der Waals surface area contributed by atoms with Gasteiger partial charge in [-0.15, -0.1) is 0 Å². The van der Waals surface area contributed by atoms with Gasteiger partial charge >= 0.3 is 0 Å². The number of hydrogen-bond acceptors (Lipinski definition) is 7. The highest BCUT2D eigenvalue weighted by atomic mass is 16.3. The van der Waals surface area contributed by atoms with Gasteiger partial charge in [-0.1, -0.05) is 12.1 Å². The second-order valence-corrected chi connectivity index (χ2v) is 8.91. The number of carbonyl (C=O) groups excluding carboxylic acids is 3. The minimum absolute atomic E-state index is 0.0680. The van der Waals surface area contributed by atoms with Crippen LogP contribution in [0.2, 0.25) is 0 Å². The number of aromatic nitrogens is 2. The fourth-order valence-corrected chi connectivity index (χ4v) is 4.65. The number of rotatable bonds is 6. The maximum Gasteiger partial charge on any atom is 0.290 e. The van der Waals surface area contributed by atoms with Crippen molar-refractivity contribution in [1.29, 1.82) is 0 Å². The molecule has 10 nitrogen and oxygen atoms in total. The number of anilines is 2. The van der Waals surface area contributed by atoms with E-state index in [1.54, 1.807) is 47.6 Å². The number of nitrogens with zero attached hydrogens (tertiary/aromatic N) is 5. The predicted molar refractivity (Wildman–Crippen MR) is 132 cm³/mol.